The summed E-state index contributed by atoms with van der Waals surface area (Å²) in [5, 5.41) is 0.105. The number of anilines is 5. The molecule has 0 radical (unpaired) electrons. The van der Waals surface area contributed by atoms with Gasteiger partial charge in [0.1, 0.15) is 65.5 Å². The Bertz CT molecular complexity index is 3820. The Hall–Kier alpha value is -7.65. The molecule has 5 saturated heterocycles. The van der Waals surface area contributed by atoms with Crippen LogP contribution in [0.2, 0.25) is 5.02 Å². The summed E-state index contributed by atoms with van der Waals surface area (Å²) in [7, 11) is 2.75. The minimum atomic E-state index is -4.87. The number of hydrogen-bond donors (Lipinski definition) is 3. The van der Waals surface area contributed by atoms with Crippen LogP contribution in [-0.4, -0.2) is 137 Å². The van der Waals surface area contributed by atoms with Gasteiger partial charge in [-0.25, -0.2) is 47.5 Å². The average molecular weight is 1330 g/mol. The van der Waals surface area contributed by atoms with Crippen molar-refractivity contribution in [1.29, 1.82) is 0 Å². The number of nitrogens with two attached hydrogens (primary N) is 3. The predicted octanol–water partition coefficient (Wildman–Crippen LogP) is 14.2. The average Bonchev–Trinajstić information content (AvgIpc) is 1.65. The maximum absolute atomic E-state index is 16.4. The van der Waals surface area contributed by atoms with Gasteiger partial charge in [0.2, 0.25) is 17.6 Å². The zero-order chi connectivity index (χ0) is 67.0. The van der Waals surface area contributed by atoms with E-state index in [-0.39, 0.29) is 93.0 Å². The predicted molar refractivity (Wildman–Crippen MR) is 339 cm³/mol. The minimum Gasteiger partial charge on any atom is -0.489 e. The number of nitrogens with zero attached hydrogens (tertiary/aromatic N) is 10. The molecule has 6 atom stereocenters. The second kappa shape index (κ2) is 28.1. The van der Waals surface area contributed by atoms with Crippen LogP contribution in [0, 0.1) is 25.5 Å². The summed E-state index contributed by atoms with van der Waals surface area (Å²) in [6, 6.07) is 9.77. The molecule has 7 aliphatic rings. The highest BCUT2D eigenvalue weighted by Crippen LogP contribution is 2.52. The van der Waals surface area contributed by atoms with Gasteiger partial charge in [-0.15, -0.1) is 0 Å². The van der Waals surface area contributed by atoms with Crippen LogP contribution >= 0.6 is 11.6 Å². The van der Waals surface area contributed by atoms with Crippen LogP contribution in [0.1, 0.15) is 119 Å². The van der Waals surface area contributed by atoms with Gasteiger partial charge in [-0.2, -0.15) is 26.3 Å². The molecular formula is C65H76ClF10N13O4. The minimum absolute atomic E-state index is 0.0167. The third-order valence-electron chi connectivity index (χ3n) is 18.0. The smallest absolute Gasteiger partial charge is 0.418 e. The standard InChI is InChI=1S/C26H23ClF4N6O2.C23H23F4N5O2.2C7H12FN.C2H6/c1-11-9-15(32)35-22(19(11)26(29,30)31)18-20(27)24-17-14(10-16(38-3)36-23(17)21(18)28)37(7-8-39-24)12(2)13-5-4-6-34-25(13)33;1-11-18(23(25,26)27)13(8-15(28)29-11)20-19(24)21-17-14(9-16(30-21)33-2)32-7-5-3-4-6-12(32)10-34-22(17)31-20;2*8-6-4-7-2-1-3-9(7)5-6;1-2/h4-6,9-10,12H,7-8H2,1-3H3,(H2,32,35)(H2,33,34);8-9,12H,3-7,10H2,1-2H3,(H2,28,29);2*6-7H,1-5H2;1-2H3. The van der Waals surface area contributed by atoms with Gasteiger partial charge in [0.05, 0.1) is 88.1 Å². The Kier molecular flexibility index (Phi) is 20.6. The van der Waals surface area contributed by atoms with E-state index in [0.29, 0.717) is 59.9 Å². The van der Waals surface area contributed by atoms with Gasteiger partial charge < -0.3 is 45.9 Å². The van der Waals surface area contributed by atoms with Gasteiger partial charge in [-0.3, -0.25) is 9.80 Å². The normalized spacial score (nSPS) is 21.1. The van der Waals surface area contributed by atoms with E-state index < -0.39 is 70.0 Å². The molecular weight excluding hydrogens is 1250 g/mol. The van der Waals surface area contributed by atoms with Gasteiger partial charge in [0.15, 0.2) is 11.6 Å². The summed E-state index contributed by atoms with van der Waals surface area (Å²) in [4.78, 5) is 33.1. The van der Waals surface area contributed by atoms with Crippen molar-refractivity contribution in [2.24, 2.45) is 0 Å². The van der Waals surface area contributed by atoms with E-state index >= 15 is 8.78 Å². The number of fused-ring (bicyclic) bond motifs is 4. The highest BCUT2D eigenvalue weighted by Gasteiger charge is 2.43. The van der Waals surface area contributed by atoms with Crippen molar-refractivity contribution in [3.05, 3.63) is 87.2 Å². The highest BCUT2D eigenvalue weighted by molar-refractivity contribution is 6.36. The number of methoxy groups -OCH3 is 2. The number of benzene rings is 1. The lowest BCUT2D eigenvalue weighted by molar-refractivity contribution is -0.138. The number of halogens is 11. The number of alkyl halides is 8. The fourth-order valence-corrected chi connectivity index (χ4v) is 14.2. The first-order valence-electron chi connectivity index (χ1n) is 31.3. The molecule has 93 heavy (non-hydrogen) atoms. The number of ether oxygens (including phenoxy) is 4. The molecule has 6 aromatic heterocycles. The maximum Gasteiger partial charge on any atom is 0.418 e. The molecule has 0 aliphatic carbocycles. The highest BCUT2D eigenvalue weighted by atomic mass is 35.5. The Morgan fingerprint density at radius 3 is 1.87 bits per heavy atom. The van der Waals surface area contributed by atoms with E-state index in [1.54, 1.807) is 24.4 Å². The van der Waals surface area contributed by atoms with E-state index in [1.807, 2.05) is 31.7 Å². The lowest BCUT2D eigenvalue weighted by Gasteiger charge is -2.31. The lowest BCUT2D eigenvalue weighted by atomic mass is 9.97. The van der Waals surface area contributed by atoms with Gasteiger partial charge in [0.25, 0.3) is 0 Å². The largest absolute Gasteiger partial charge is 0.489 e. The number of nitrogen functional groups attached to an aromatic ring is 3. The molecule has 6 unspecified atom stereocenters. The van der Waals surface area contributed by atoms with Crippen LogP contribution in [0.3, 0.4) is 0 Å². The van der Waals surface area contributed by atoms with Gasteiger partial charge in [-0.1, -0.05) is 44.4 Å². The van der Waals surface area contributed by atoms with E-state index in [2.05, 4.69) is 44.6 Å². The molecule has 7 aromatic rings. The van der Waals surface area contributed by atoms with Crippen LogP contribution in [0.5, 0.6) is 23.4 Å². The van der Waals surface area contributed by atoms with E-state index in [4.69, 9.17) is 47.7 Å². The zero-order valence-corrected chi connectivity index (χ0v) is 53.5. The van der Waals surface area contributed by atoms with E-state index in [9.17, 15) is 35.1 Å². The fourth-order valence-electron chi connectivity index (χ4n) is 13.9. The molecule has 1 aromatic carbocycles. The zero-order valence-electron chi connectivity index (χ0n) is 52.7. The van der Waals surface area contributed by atoms with Crippen LogP contribution in [0.25, 0.3) is 44.3 Å². The molecule has 0 bridgehead atoms. The van der Waals surface area contributed by atoms with Crippen molar-refractivity contribution in [3.63, 3.8) is 0 Å². The Morgan fingerprint density at radius 2 is 1.27 bits per heavy atom. The van der Waals surface area contributed by atoms with Crippen molar-refractivity contribution in [3.8, 4) is 45.9 Å². The number of pyridine rings is 6. The Labute approximate surface area is 537 Å². The molecule has 13 heterocycles. The summed E-state index contributed by atoms with van der Waals surface area (Å²) in [5.74, 6) is -2.05. The Morgan fingerprint density at radius 1 is 0.667 bits per heavy atom. The summed E-state index contributed by atoms with van der Waals surface area (Å²) >= 11 is 6.66. The number of aryl methyl sites for hydroxylation is 2. The number of aromatic nitrogens is 6. The molecule has 0 spiro atoms. The van der Waals surface area contributed by atoms with Crippen molar-refractivity contribution >= 4 is 62.2 Å². The number of hydrogen-bond acceptors (Lipinski definition) is 17. The first-order chi connectivity index (χ1) is 44.3. The number of rotatable bonds is 6. The SMILES string of the molecule is CC.COc1cc2c3c(c(Cl)c(-c4nc(N)cc(C)c4C(F)(F)F)c(F)c3n1)OCCN2C(C)c1cccnc1N.COc1cc2c3c(nc(-c4cc(N)nc(C)c4C(F)(F)F)c(F)c3n1)OCC1CCCCCN21.FC1CC2CCCN2C1.FC1CC2CCCN2C1. The van der Waals surface area contributed by atoms with E-state index in [0.717, 1.165) is 70.3 Å². The molecule has 5 fully saturated rings. The molecule has 0 amide bonds. The third-order valence-corrected chi connectivity index (χ3v) is 18.4. The molecule has 28 heteroatoms. The maximum atomic E-state index is 16.4. The summed E-state index contributed by atoms with van der Waals surface area (Å²) in [5.41, 5.74) is 13.7. The molecule has 7 aliphatic heterocycles. The fraction of sp³-hybridized carbons (Fsp3) is 0.508. The summed E-state index contributed by atoms with van der Waals surface area (Å²) < 4.78 is 164. The third kappa shape index (κ3) is 14.0. The molecule has 17 nitrogen and oxygen atoms in total. The first kappa shape index (κ1) is 68.2. The quantitative estimate of drug-likeness (QED) is 0.132. The first-order valence-corrected chi connectivity index (χ1v) is 31.7. The van der Waals surface area contributed by atoms with Crippen LogP contribution in [0.4, 0.5) is 72.7 Å². The summed E-state index contributed by atoms with van der Waals surface area (Å²) in [6.07, 6.45) is 1.43. The van der Waals surface area contributed by atoms with Crippen LogP contribution in [-0.2, 0) is 12.4 Å². The van der Waals surface area contributed by atoms with Crippen molar-refractivity contribution < 1.29 is 62.9 Å². The second-order valence-corrected chi connectivity index (χ2v) is 24.2. The molecule has 0 saturated carbocycles. The second-order valence-electron chi connectivity index (χ2n) is 23.8. The topological polar surface area (TPSA) is 205 Å². The van der Waals surface area contributed by atoms with Gasteiger partial charge in [0, 0.05) is 61.2 Å². The monoisotopic (exact) mass is 1330 g/mol. The van der Waals surface area contributed by atoms with Crippen molar-refractivity contribution in [2.75, 3.05) is 93.7 Å². The van der Waals surface area contributed by atoms with Crippen molar-refractivity contribution in [2.45, 2.75) is 148 Å². The Balaban J connectivity index is 0.000000157. The van der Waals surface area contributed by atoms with Gasteiger partial charge >= 0.3 is 12.4 Å². The van der Waals surface area contributed by atoms with Crippen LogP contribution in [0.15, 0.2) is 42.6 Å². The van der Waals surface area contributed by atoms with Gasteiger partial charge in [-0.05, 0) is 109 Å². The lowest BCUT2D eigenvalue weighted by Crippen LogP contribution is -2.38. The van der Waals surface area contributed by atoms with Crippen molar-refractivity contribution in [1.82, 2.24) is 39.7 Å². The van der Waals surface area contributed by atoms with Crippen LogP contribution < -0.4 is 45.9 Å². The van der Waals surface area contributed by atoms with E-state index in [1.165, 1.54) is 53.8 Å². The summed E-state index contributed by atoms with van der Waals surface area (Å²) in [6.45, 7) is 13.4. The molecule has 14 rings (SSSR count). The molecule has 6 N–H and O–H groups in total. The molecule has 502 valence electrons.